The quantitative estimate of drug-likeness (QED) is 0.332. The number of nitrogens with zero attached hydrogens (tertiary/aromatic N) is 2. The van der Waals surface area contributed by atoms with Gasteiger partial charge in [0.25, 0.3) is 0 Å². The van der Waals surface area contributed by atoms with Crippen molar-refractivity contribution in [3.63, 3.8) is 0 Å². The molecule has 1 saturated carbocycles. The van der Waals surface area contributed by atoms with E-state index in [1.807, 2.05) is 41.0 Å². The Kier molecular flexibility index (Phi) is 7.85. The third kappa shape index (κ3) is 6.03. The van der Waals surface area contributed by atoms with E-state index in [0.717, 1.165) is 49.8 Å². The molecule has 2 N–H and O–H groups in total. The molecule has 1 fully saturated rings. The van der Waals surface area contributed by atoms with Gasteiger partial charge in [-0.25, -0.2) is 4.79 Å². The van der Waals surface area contributed by atoms with E-state index >= 15 is 0 Å². The number of fused-ring (bicyclic) bond motifs is 1. The van der Waals surface area contributed by atoms with Crippen molar-refractivity contribution in [2.45, 2.75) is 57.8 Å². The van der Waals surface area contributed by atoms with Gasteiger partial charge in [0.1, 0.15) is 0 Å². The number of carbonyl (C=O) groups excluding carboxylic acids is 1. The monoisotopic (exact) mass is 496 g/mol. The molecule has 192 valence electrons. The molecule has 6 nitrogen and oxygen atoms in total. The minimum Gasteiger partial charge on any atom is -0.354 e. The van der Waals surface area contributed by atoms with Crippen LogP contribution in [0.4, 0.5) is 0 Å². The number of carbonyl (C=O) groups is 1. The van der Waals surface area contributed by atoms with Crippen LogP contribution in [0.5, 0.6) is 0 Å². The first kappa shape index (κ1) is 25.0. The summed E-state index contributed by atoms with van der Waals surface area (Å²) in [5.41, 5.74) is 4.30. The summed E-state index contributed by atoms with van der Waals surface area (Å²) in [5, 5.41) is 3.24. The minimum absolute atomic E-state index is 0.000977. The molecule has 1 aromatic heterocycles. The van der Waals surface area contributed by atoms with E-state index in [1.54, 1.807) is 0 Å². The van der Waals surface area contributed by atoms with Gasteiger partial charge in [0.2, 0.25) is 5.91 Å². The molecule has 0 radical (unpaired) electrons. The summed E-state index contributed by atoms with van der Waals surface area (Å²) in [6.45, 7) is 4.46. The average Bonchev–Trinajstić information content (AvgIpc) is 3.28. The summed E-state index contributed by atoms with van der Waals surface area (Å²) < 4.78 is 1.89. The summed E-state index contributed by atoms with van der Waals surface area (Å²) in [6, 6.07) is 29.1. The van der Waals surface area contributed by atoms with E-state index in [-0.39, 0.29) is 29.6 Å². The van der Waals surface area contributed by atoms with Gasteiger partial charge in [-0.05, 0) is 55.9 Å². The fourth-order valence-corrected chi connectivity index (χ4v) is 5.56. The molecule has 1 unspecified atom stereocenters. The summed E-state index contributed by atoms with van der Waals surface area (Å²) in [5.74, 6) is 0.136. The van der Waals surface area contributed by atoms with Crippen LogP contribution in [0, 0.1) is 5.92 Å². The summed E-state index contributed by atoms with van der Waals surface area (Å²) >= 11 is 0. The Labute approximate surface area is 218 Å². The third-order valence-corrected chi connectivity index (χ3v) is 7.71. The van der Waals surface area contributed by atoms with Gasteiger partial charge in [-0.1, -0.05) is 72.8 Å². The maximum atomic E-state index is 13.1. The van der Waals surface area contributed by atoms with Crippen molar-refractivity contribution in [2.75, 3.05) is 6.54 Å². The van der Waals surface area contributed by atoms with Crippen molar-refractivity contribution < 1.29 is 4.79 Å². The first-order valence-electron chi connectivity index (χ1n) is 13.4. The van der Waals surface area contributed by atoms with Crippen LogP contribution in [0.2, 0.25) is 0 Å². The highest BCUT2D eigenvalue weighted by molar-refractivity contribution is 5.79. The number of nitrogens with one attached hydrogen (secondary N) is 2. The van der Waals surface area contributed by atoms with E-state index in [0.29, 0.717) is 6.54 Å². The van der Waals surface area contributed by atoms with Crippen molar-refractivity contribution >= 4 is 16.9 Å². The van der Waals surface area contributed by atoms with Crippen LogP contribution in [0.3, 0.4) is 0 Å². The molecule has 1 aliphatic carbocycles. The Balaban J connectivity index is 1.17. The van der Waals surface area contributed by atoms with Crippen LogP contribution in [0.25, 0.3) is 11.0 Å². The fourth-order valence-electron chi connectivity index (χ4n) is 5.56. The number of amides is 1. The normalized spacial score (nSPS) is 18.6. The zero-order valence-corrected chi connectivity index (χ0v) is 21.5. The van der Waals surface area contributed by atoms with Gasteiger partial charge in [0.05, 0.1) is 11.0 Å². The number of H-pyrrole nitrogens is 1. The van der Waals surface area contributed by atoms with Crippen molar-refractivity contribution in [3.05, 3.63) is 107 Å². The number of aromatic amines is 1. The van der Waals surface area contributed by atoms with Gasteiger partial charge in [0, 0.05) is 37.6 Å². The second kappa shape index (κ2) is 11.6. The SMILES string of the molecule is CC(CNC(=O)C1CCC(n2c(=O)[nH]c3ccccc32)CC1)N(Cc1ccccc1)Cc1ccccc1. The van der Waals surface area contributed by atoms with Gasteiger partial charge in [-0.2, -0.15) is 0 Å². The largest absolute Gasteiger partial charge is 0.354 e. The zero-order valence-electron chi connectivity index (χ0n) is 21.5. The number of hydrogen-bond acceptors (Lipinski definition) is 3. The van der Waals surface area contributed by atoms with E-state index in [1.165, 1.54) is 11.1 Å². The van der Waals surface area contributed by atoms with Crippen LogP contribution in [-0.4, -0.2) is 32.9 Å². The molecule has 4 aromatic rings. The second-order valence-corrected chi connectivity index (χ2v) is 10.3. The summed E-state index contributed by atoms with van der Waals surface area (Å²) in [7, 11) is 0. The topological polar surface area (TPSA) is 70.1 Å². The molecule has 1 aliphatic rings. The maximum absolute atomic E-state index is 13.1. The van der Waals surface area contributed by atoms with Gasteiger partial charge < -0.3 is 10.3 Å². The molecule has 6 heteroatoms. The Morgan fingerprint density at radius 2 is 1.46 bits per heavy atom. The Hall–Kier alpha value is -3.64. The standard InChI is InChI=1S/C31H36N4O2/c1-23(34(21-24-10-4-2-5-11-24)22-25-12-6-3-7-13-25)20-32-30(36)26-16-18-27(19-17-26)35-29-15-9-8-14-28(29)33-31(35)37/h2-15,23,26-27H,16-22H2,1H3,(H,32,36)(H,33,37). The van der Waals surface area contributed by atoms with Gasteiger partial charge >= 0.3 is 5.69 Å². The van der Waals surface area contributed by atoms with Gasteiger partial charge in [0.15, 0.2) is 0 Å². The number of imidazole rings is 1. The van der Waals surface area contributed by atoms with E-state index in [4.69, 9.17) is 0 Å². The Bertz CT molecular complexity index is 1310. The zero-order chi connectivity index (χ0) is 25.6. The maximum Gasteiger partial charge on any atom is 0.326 e. The number of para-hydroxylation sites is 2. The van der Waals surface area contributed by atoms with Crippen LogP contribution in [-0.2, 0) is 17.9 Å². The van der Waals surface area contributed by atoms with Crippen molar-refractivity contribution in [1.82, 2.24) is 19.8 Å². The highest BCUT2D eigenvalue weighted by atomic mass is 16.2. The fraction of sp³-hybridized carbons (Fsp3) is 0.355. The molecule has 0 bridgehead atoms. The average molecular weight is 497 g/mol. The molecule has 1 atom stereocenters. The molecular formula is C31H36N4O2. The highest BCUT2D eigenvalue weighted by Gasteiger charge is 2.29. The predicted octanol–water partition coefficient (Wildman–Crippen LogP) is 5.27. The number of aromatic nitrogens is 2. The number of rotatable bonds is 9. The van der Waals surface area contributed by atoms with Crippen molar-refractivity contribution in [1.29, 1.82) is 0 Å². The van der Waals surface area contributed by atoms with Gasteiger partial charge in [-0.3, -0.25) is 14.3 Å². The smallest absolute Gasteiger partial charge is 0.326 e. The van der Waals surface area contributed by atoms with E-state index in [9.17, 15) is 9.59 Å². The molecule has 3 aromatic carbocycles. The predicted molar refractivity (Wildman–Crippen MR) is 148 cm³/mol. The highest BCUT2D eigenvalue weighted by Crippen LogP contribution is 2.33. The van der Waals surface area contributed by atoms with Crippen molar-refractivity contribution in [2.24, 2.45) is 5.92 Å². The molecule has 0 spiro atoms. The molecular weight excluding hydrogens is 460 g/mol. The molecule has 1 amide bonds. The number of benzene rings is 3. The van der Waals surface area contributed by atoms with E-state index < -0.39 is 0 Å². The lowest BCUT2D eigenvalue weighted by molar-refractivity contribution is -0.126. The van der Waals surface area contributed by atoms with Gasteiger partial charge in [-0.15, -0.1) is 0 Å². The lowest BCUT2D eigenvalue weighted by Crippen LogP contribution is -2.43. The first-order valence-corrected chi connectivity index (χ1v) is 13.4. The summed E-state index contributed by atoms with van der Waals surface area (Å²) in [4.78, 5) is 31.1. The van der Waals surface area contributed by atoms with Crippen LogP contribution >= 0.6 is 0 Å². The molecule has 5 rings (SSSR count). The van der Waals surface area contributed by atoms with Crippen LogP contribution in [0.15, 0.2) is 89.7 Å². The molecule has 0 aliphatic heterocycles. The molecule has 0 saturated heterocycles. The number of hydrogen-bond donors (Lipinski definition) is 2. The minimum atomic E-state index is -0.0557. The lowest BCUT2D eigenvalue weighted by atomic mass is 9.85. The molecule has 1 heterocycles. The lowest BCUT2D eigenvalue weighted by Gasteiger charge is -2.31. The van der Waals surface area contributed by atoms with Crippen LogP contribution in [0.1, 0.15) is 49.8 Å². The van der Waals surface area contributed by atoms with E-state index in [2.05, 4.69) is 70.7 Å². The second-order valence-electron chi connectivity index (χ2n) is 10.3. The van der Waals surface area contributed by atoms with Crippen LogP contribution < -0.4 is 11.0 Å². The Morgan fingerprint density at radius 3 is 2.08 bits per heavy atom. The third-order valence-electron chi connectivity index (χ3n) is 7.71. The molecule has 37 heavy (non-hydrogen) atoms. The first-order chi connectivity index (χ1) is 18.1. The summed E-state index contributed by atoms with van der Waals surface area (Å²) in [6.07, 6.45) is 3.27. The Morgan fingerprint density at radius 1 is 0.892 bits per heavy atom. The van der Waals surface area contributed by atoms with Crippen molar-refractivity contribution in [3.8, 4) is 0 Å².